The predicted octanol–water partition coefficient (Wildman–Crippen LogP) is 2.98. The Morgan fingerprint density at radius 2 is 1.93 bits per heavy atom. The van der Waals surface area contributed by atoms with Crippen LogP contribution in [-0.4, -0.2) is 25.9 Å². The molecule has 7 nitrogen and oxygen atoms in total. The molecule has 2 aromatic carbocycles. The fraction of sp³-hybridized carbons (Fsp3) is 0.176. The van der Waals surface area contributed by atoms with Gasteiger partial charge in [-0.1, -0.05) is 17.7 Å². The second kappa shape index (κ2) is 9.29. The summed E-state index contributed by atoms with van der Waals surface area (Å²) in [4.78, 5) is 12.4. The molecule has 4 N–H and O–H groups in total. The van der Waals surface area contributed by atoms with Crippen molar-refractivity contribution in [2.45, 2.75) is 6.18 Å². The molecule has 28 heavy (non-hydrogen) atoms. The average molecular weight is 416 g/mol. The van der Waals surface area contributed by atoms with E-state index in [2.05, 4.69) is 5.10 Å². The highest BCUT2D eigenvalue weighted by atomic mass is 35.5. The summed E-state index contributed by atoms with van der Waals surface area (Å²) in [7, 11) is 0. The molecule has 0 heterocycles. The third-order valence-corrected chi connectivity index (χ3v) is 3.95. The third kappa shape index (κ3) is 5.51. The van der Waals surface area contributed by atoms with Crippen LogP contribution >= 0.6 is 11.6 Å². The van der Waals surface area contributed by atoms with Crippen molar-refractivity contribution in [1.82, 2.24) is 0 Å². The van der Waals surface area contributed by atoms with Crippen LogP contribution in [0.5, 0.6) is 5.75 Å². The zero-order valence-electron chi connectivity index (χ0n) is 14.4. The number of hydrogen-bond acceptors (Lipinski definition) is 5. The Bertz CT molecular complexity index is 848. The van der Waals surface area contributed by atoms with Gasteiger partial charge >= 0.3 is 6.18 Å². The third-order valence-electron chi connectivity index (χ3n) is 3.62. The summed E-state index contributed by atoms with van der Waals surface area (Å²) in [6, 6.07) is 9.87. The lowest BCUT2D eigenvalue weighted by Crippen LogP contribution is -2.29. The summed E-state index contributed by atoms with van der Waals surface area (Å²) in [5, 5.41) is 4.04. The Labute approximate surface area is 163 Å². The molecular weight excluding hydrogens is 399 g/mol. The molecule has 2 aromatic rings. The summed E-state index contributed by atoms with van der Waals surface area (Å²) >= 11 is 5.59. The van der Waals surface area contributed by atoms with Crippen LogP contribution in [0.1, 0.15) is 5.56 Å². The number of ether oxygens (including phenoxy) is 1. The van der Waals surface area contributed by atoms with Gasteiger partial charge in [0.15, 0.2) is 0 Å². The number of alkyl halides is 3. The lowest BCUT2D eigenvalue weighted by Gasteiger charge is -2.20. The first-order valence-corrected chi connectivity index (χ1v) is 8.23. The van der Waals surface area contributed by atoms with E-state index < -0.39 is 16.8 Å². The average Bonchev–Trinajstić information content (AvgIpc) is 2.65. The van der Waals surface area contributed by atoms with Crippen molar-refractivity contribution in [3.8, 4) is 5.75 Å². The molecule has 0 aliphatic heterocycles. The largest absolute Gasteiger partial charge is 0.492 e. The van der Waals surface area contributed by atoms with E-state index >= 15 is 0 Å². The van der Waals surface area contributed by atoms with Crippen molar-refractivity contribution in [3.05, 3.63) is 53.1 Å². The number of hydrazine groups is 1. The maximum absolute atomic E-state index is 13.0. The minimum atomic E-state index is -4.63. The van der Waals surface area contributed by atoms with Crippen LogP contribution in [0.3, 0.4) is 0 Å². The van der Waals surface area contributed by atoms with Gasteiger partial charge in [-0.05, 0) is 30.3 Å². The van der Waals surface area contributed by atoms with Crippen LogP contribution in [0.25, 0.3) is 0 Å². The number of carbonyl (C=O) groups is 1. The van der Waals surface area contributed by atoms with Crippen LogP contribution in [0.15, 0.2) is 47.6 Å². The second-order valence-electron chi connectivity index (χ2n) is 5.48. The van der Waals surface area contributed by atoms with Crippen LogP contribution < -0.4 is 26.3 Å². The van der Waals surface area contributed by atoms with E-state index in [1.807, 2.05) is 0 Å². The molecule has 0 aromatic heterocycles. The van der Waals surface area contributed by atoms with Gasteiger partial charge in [-0.3, -0.25) is 9.80 Å². The molecule has 0 spiro atoms. The molecule has 2 rings (SSSR count). The highest BCUT2D eigenvalue weighted by molar-refractivity contribution is 6.31. The zero-order valence-corrected chi connectivity index (χ0v) is 15.2. The standard InChI is InChI=1S/C17H17ClF3N5O2/c18-16-5-4-12(9-15(16)17(19,20)21)25(11-27)6-7-28-14-3-1-2-13(8-14)26(23)10-24-22/h1-5,8-11H,6-7,22-23H2/b24-10-. The maximum atomic E-state index is 13.0. The molecule has 0 bridgehead atoms. The molecule has 0 fully saturated rings. The molecule has 0 unspecified atom stereocenters. The molecule has 0 aliphatic rings. The topological polar surface area (TPSA) is 97.2 Å². The first-order chi connectivity index (χ1) is 13.3. The van der Waals surface area contributed by atoms with Gasteiger partial charge in [0, 0.05) is 11.8 Å². The minimum Gasteiger partial charge on any atom is -0.492 e. The summed E-state index contributed by atoms with van der Waals surface area (Å²) in [5.41, 5.74) is -0.417. The lowest BCUT2D eigenvalue weighted by atomic mass is 10.2. The van der Waals surface area contributed by atoms with Gasteiger partial charge in [-0.15, -0.1) is 0 Å². The van der Waals surface area contributed by atoms with Crippen molar-refractivity contribution < 1.29 is 22.7 Å². The van der Waals surface area contributed by atoms with Gasteiger partial charge in [0.05, 0.1) is 22.8 Å². The number of hydrogen-bond donors (Lipinski definition) is 2. The SMILES string of the molecule is N/N=C\N(N)c1cccc(OCCN(C=O)c2ccc(Cl)c(C(F)(F)F)c2)c1. The molecule has 0 saturated carbocycles. The minimum absolute atomic E-state index is 0.0171. The smallest absolute Gasteiger partial charge is 0.417 e. The van der Waals surface area contributed by atoms with Gasteiger partial charge < -0.3 is 15.5 Å². The number of hydrazone groups is 1. The second-order valence-corrected chi connectivity index (χ2v) is 5.89. The fourth-order valence-corrected chi connectivity index (χ4v) is 2.51. The molecular formula is C17H17ClF3N5O2. The number of rotatable bonds is 8. The van der Waals surface area contributed by atoms with Gasteiger partial charge in [-0.25, -0.2) is 5.84 Å². The van der Waals surface area contributed by atoms with E-state index in [-0.39, 0.29) is 18.8 Å². The predicted molar refractivity (Wildman–Crippen MR) is 101 cm³/mol. The van der Waals surface area contributed by atoms with E-state index in [1.165, 1.54) is 17.4 Å². The summed E-state index contributed by atoms with van der Waals surface area (Å²) in [6.45, 7) is 0.0466. The zero-order chi connectivity index (χ0) is 20.7. The number of halogens is 4. The lowest BCUT2D eigenvalue weighted by molar-refractivity contribution is -0.137. The van der Waals surface area contributed by atoms with Crippen LogP contribution in [0.4, 0.5) is 24.5 Å². The number of anilines is 2. The Morgan fingerprint density at radius 1 is 1.18 bits per heavy atom. The van der Waals surface area contributed by atoms with E-state index in [0.717, 1.165) is 17.0 Å². The van der Waals surface area contributed by atoms with Crippen molar-refractivity contribution in [2.75, 3.05) is 23.1 Å². The summed E-state index contributed by atoms with van der Waals surface area (Å²) in [6.07, 6.45) is -3.01. The van der Waals surface area contributed by atoms with Gasteiger partial charge in [0.2, 0.25) is 6.41 Å². The molecule has 0 atom stereocenters. The molecule has 0 radical (unpaired) electrons. The Balaban J connectivity index is 2.06. The molecule has 0 aliphatic carbocycles. The Hall–Kier alpha value is -2.98. The fourth-order valence-electron chi connectivity index (χ4n) is 2.29. The van der Waals surface area contributed by atoms with Gasteiger partial charge in [-0.2, -0.15) is 18.3 Å². The number of carbonyl (C=O) groups excluding carboxylic acids is 1. The normalized spacial score (nSPS) is 11.5. The van der Waals surface area contributed by atoms with E-state index in [4.69, 9.17) is 28.0 Å². The first kappa shape index (κ1) is 21.3. The summed E-state index contributed by atoms with van der Waals surface area (Å²) < 4.78 is 44.5. The number of nitrogens with two attached hydrogens (primary N) is 2. The van der Waals surface area contributed by atoms with Crippen LogP contribution in [-0.2, 0) is 11.0 Å². The molecule has 1 amide bonds. The first-order valence-electron chi connectivity index (χ1n) is 7.85. The van der Waals surface area contributed by atoms with Crippen LogP contribution in [0.2, 0.25) is 5.02 Å². The summed E-state index contributed by atoms with van der Waals surface area (Å²) in [5.74, 6) is 11.2. The highest BCUT2D eigenvalue weighted by Gasteiger charge is 2.33. The van der Waals surface area contributed by atoms with Gasteiger partial charge in [0.1, 0.15) is 18.7 Å². The van der Waals surface area contributed by atoms with Gasteiger partial charge in [0.25, 0.3) is 0 Å². The molecule has 0 saturated heterocycles. The Morgan fingerprint density at radius 3 is 2.57 bits per heavy atom. The van der Waals surface area contributed by atoms with E-state index in [1.54, 1.807) is 24.3 Å². The van der Waals surface area contributed by atoms with Crippen molar-refractivity contribution in [2.24, 2.45) is 16.8 Å². The molecule has 150 valence electrons. The van der Waals surface area contributed by atoms with E-state index in [0.29, 0.717) is 17.8 Å². The maximum Gasteiger partial charge on any atom is 0.417 e. The quantitative estimate of drug-likeness (QED) is 0.227. The van der Waals surface area contributed by atoms with Crippen molar-refractivity contribution in [1.29, 1.82) is 0 Å². The molecule has 11 heteroatoms. The highest BCUT2D eigenvalue weighted by Crippen LogP contribution is 2.36. The van der Waals surface area contributed by atoms with Crippen molar-refractivity contribution in [3.63, 3.8) is 0 Å². The van der Waals surface area contributed by atoms with E-state index in [9.17, 15) is 18.0 Å². The number of benzene rings is 2. The Kier molecular flexibility index (Phi) is 7.07. The monoisotopic (exact) mass is 415 g/mol. The number of amides is 1. The van der Waals surface area contributed by atoms with Crippen molar-refractivity contribution >= 4 is 35.7 Å². The number of nitrogens with zero attached hydrogens (tertiary/aromatic N) is 3. The van der Waals surface area contributed by atoms with Crippen LogP contribution in [0, 0.1) is 0 Å².